The fraction of sp³-hybridized carbons (Fsp3) is 0.818. The van der Waals surface area contributed by atoms with Crippen LogP contribution in [0.4, 0.5) is 0 Å². The summed E-state index contributed by atoms with van der Waals surface area (Å²) in [4.78, 5) is 24.3. The minimum Gasteiger partial charge on any atom is -0.479 e. The molecule has 0 spiro atoms. The summed E-state index contributed by atoms with van der Waals surface area (Å²) >= 11 is 0. The smallest absolute Gasteiger partial charge is 0.334 e. The fourth-order valence-corrected chi connectivity index (χ4v) is 4.30. The molecule has 0 aliphatic carbocycles. The molecule has 1 N–H and O–H groups in total. The van der Waals surface area contributed by atoms with Crippen molar-refractivity contribution < 1.29 is 27.9 Å². The maximum Gasteiger partial charge on any atom is 0.334 e. The van der Waals surface area contributed by atoms with Crippen LogP contribution in [0.25, 0.3) is 0 Å². The van der Waals surface area contributed by atoms with Crippen LogP contribution in [0, 0.1) is 5.92 Å². The van der Waals surface area contributed by atoms with Crippen molar-refractivity contribution in [2.45, 2.75) is 18.9 Å². The van der Waals surface area contributed by atoms with Gasteiger partial charge in [-0.3, -0.25) is 4.79 Å². The van der Waals surface area contributed by atoms with Crippen molar-refractivity contribution in [2.24, 2.45) is 5.92 Å². The third kappa shape index (κ3) is 3.66. The van der Waals surface area contributed by atoms with Crippen LogP contribution in [0.2, 0.25) is 0 Å². The molecule has 0 aromatic carbocycles. The summed E-state index contributed by atoms with van der Waals surface area (Å²) in [5.41, 5.74) is 0. The Bertz CT molecular complexity index is 474. The summed E-state index contributed by atoms with van der Waals surface area (Å²) in [7, 11) is -2.99. The molecule has 0 aromatic rings. The van der Waals surface area contributed by atoms with E-state index < -0.39 is 21.9 Å². The molecule has 7 nitrogen and oxygen atoms in total. The number of rotatable bonds is 3. The van der Waals surface area contributed by atoms with Crippen LogP contribution in [0.5, 0.6) is 0 Å². The van der Waals surface area contributed by atoms with Crippen molar-refractivity contribution in [1.82, 2.24) is 4.90 Å². The van der Waals surface area contributed by atoms with Gasteiger partial charge in [-0.05, 0) is 12.3 Å². The molecular formula is C11H17NO6S. The Morgan fingerprint density at radius 3 is 2.68 bits per heavy atom. The number of amides is 1. The maximum atomic E-state index is 12.0. The van der Waals surface area contributed by atoms with Gasteiger partial charge in [0.05, 0.1) is 24.7 Å². The van der Waals surface area contributed by atoms with Gasteiger partial charge in [0.1, 0.15) is 0 Å². The highest BCUT2D eigenvalue weighted by atomic mass is 32.2. The summed E-state index contributed by atoms with van der Waals surface area (Å²) in [5, 5.41) is 8.85. The molecule has 2 rings (SSSR count). The van der Waals surface area contributed by atoms with E-state index in [1.54, 1.807) is 0 Å². The molecule has 8 heteroatoms. The number of aliphatic carboxylic acids is 1. The van der Waals surface area contributed by atoms with E-state index in [9.17, 15) is 18.0 Å². The first-order valence-electron chi connectivity index (χ1n) is 6.20. The molecule has 2 fully saturated rings. The van der Waals surface area contributed by atoms with Gasteiger partial charge >= 0.3 is 5.97 Å². The third-order valence-electron chi connectivity index (χ3n) is 3.48. The third-order valence-corrected chi connectivity index (χ3v) is 5.32. The summed E-state index contributed by atoms with van der Waals surface area (Å²) in [6, 6.07) is 0. The molecule has 2 atom stereocenters. The van der Waals surface area contributed by atoms with Crippen LogP contribution < -0.4 is 0 Å². The average Bonchev–Trinajstić information content (AvgIpc) is 2.68. The Morgan fingerprint density at radius 2 is 2.11 bits per heavy atom. The molecule has 0 bridgehead atoms. The van der Waals surface area contributed by atoms with Crippen LogP contribution in [0.1, 0.15) is 12.8 Å². The van der Waals surface area contributed by atoms with E-state index in [-0.39, 0.29) is 42.9 Å². The number of carbonyl (C=O) groups is 2. The number of carboxylic acids is 1. The number of sulfone groups is 1. The number of carbonyl (C=O) groups excluding carboxylic acids is 1. The molecule has 0 saturated carbocycles. The summed E-state index contributed by atoms with van der Waals surface area (Å²) in [6.45, 7) is 0.599. The molecule has 2 aliphatic heterocycles. The van der Waals surface area contributed by atoms with Crippen LogP contribution in [-0.4, -0.2) is 67.6 Å². The Hall–Kier alpha value is -1.15. The Labute approximate surface area is 111 Å². The van der Waals surface area contributed by atoms with Gasteiger partial charge < -0.3 is 14.7 Å². The van der Waals surface area contributed by atoms with E-state index in [0.29, 0.717) is 13.0 Å². The number of carboxylic acid groups (broad SMARTS) is 1. The highest BCUT2D eigenvalue weighted by Gasteiger charge is 2.33. The lowest BCUT2D eigenvalue weighted by molar-refractivity contribution is -0.159. The van der Waals surface area contributed by atoms with Crippen molar-refractivity contribution >= 4 is 21.7 Å². The van der Waals surface area contributed by atoms with Crippen molar-refractivity contribution in [3.8, 4) is 0 Å². The Kier molecular flexibility index (Phi) is 4.10. The number of nitrogens with zero attached hydrogens (tertiary/aromatic N) is 1. The SMILES string of the molecule is O=C(O)C1CN(C(=O)CC2CCS(=O)(=O)C2)CCO1. The monoisotopic (exact) mass is 291 g/mol. The Morgan fingerprint density at radius 1 is 1.37 bits per heavy atom. The van der Waals surface area contributed by atoms with Gasteiger partial charge in [-0.25, -0.2) is 13.2 Å². The molecule has 1 amide bonds. The van der Waals surface area contributed by atoms with Crippen LogP contribution in [-0.2, 0) is 24.2 Å². The molecule has 2 saturated heterocycles. The van der Waals surface area contributed by atoms with Gasteiger partial charge in [0.25, 0.3) is 0 Å². The number of hydrogen-bond donors (Lipinski definition) is 1. The van der Waals surface area contributed by atoms with Gasteiger partial charge in [0.15, 0.2) is 15.9 Å². The maximum absolute atomic E-state index is 12.0. The zero-order valence-electron chi connectivity index (χ0n) is 10.4. The van der Waals surface area contributed by atoms with Crippen LogP contribution in [0.3, 0.4) is 0 Å². The van der Waals surface area contributed by atoms with Crippen LogP contribution in [0.15, 0.2) is 0 Å². The zero-order chi connectivity index (χ0) is 14.0. The summed E-state index contributed by atoms with van der Waals surface area (Å²) < 4.78 is 27.7. The molecule has 2 heterocycles. The molecule has 0 aromatic heterocycles. The Balaban J connectivity index is 1.88. The molecular weight excluding hydrogens is 274 g/mol. The summed E-state index contributed by atoms with van der Waals surface area (Å²) in [6.07, 6.45) is -0.295. The van der Waals surface area contributed by atoms with Crippen molar-refractivity contribution in [3.63, 3.8) is 0 Å². The van der Waals surface area contributed by atoms with E-state index in [1.165, 1.54) is 4.90 Å². The minimum absolute atomic E-state index is 0.0354. The molecule has 2 unspecified atom stereocenters. The molecule has 108 valence electrons. The predicted molar refractivity (Wildman–Crippen MR) is 65.3 cm³/mol. The predicted octanol–water partition coefficient (Wildman–Crippen LogP) is -0.877. The average molecular weight is 291 g/mol. The highest BCUT2D eigenvalue weighted by molar-refractivity contribution is 7.91. The van der Waals surface area contributed by atoms with Crippen molar-refractivity contribution in [1.29, 1.82) is 0 Å². The van der Waals surface area contributed by atoms with Crippen molar-refractivity contribution in [2.75, 3.05) is 31.2 Å². The first-order valence-corrected chi connectivity index (χ1v) is 8.02. The fourth-order valence-electron chi connectivity index (χ4n) is 2.43. The van der Waals surface area contributed by atoms with Gasteiger partial charge in [-0.2, -0.15) is 0 Å². The second-order valence-electron chi connectivity index (χ2n) is 5.01. The van der Waals surface area contributed by atoms with Gasteiger partial charge in [-0.15, -0.1) is 0 Å². The topological polar surface area (TPSA) is 101 Å². The van der Waals surface area contributed by atoms with Crippen LogP contribution >= 0.6 is 0 Å². The normalized spacial score (nSPS) is 30.2. The van der Waals surface area contributed by atoms with Gasteiger partial charge in [-0.1, -0.05) is 0 Å². The van der Waals surface area contributed by atoms with E-state index in [4.69, 9.17) is 9.84 Å². The molecule has 19 heavy (non-hydrogen) atoms. The van der Waals surface area contributed by atoms with Gasteiger partial charge in [0.2, 0.25) is 5.91 Å². The van der Waals surface area contributed by atoms with E-state index in [0.717, 1.165) is 0 Å². The lowest BCUT2D eigenvalue weighted by Gasteiger charge is -2.31. The number of hydrogen-bond acceptors (Lipinski definition) is 5. The summed E-state index contributed by atoms with van der Waals surface area (Å²) in [5.74, 6) is -1.20. The first kappa shape index (κ1) is 14.3. The largest absolute Gasteiger partial charge is 0.479 e. The van der Waals surface area contributed by atoms with E-state index in [2.05, 4.69) is 0 Å². The molecule has 2 aliphatic rings. The quantitative estimate of drug-likeness (QED) is 0.725. The zero-order valence-corrected chi connectivity index (χ0v) is 11.3. The highest BCUT2D eigenvalue weighted by Crippen LogP contribution is 2.22. The second-order valence-corrected chi connectivity index (χ2v) is 7.24. The first-order chi connectivity index (χ1) is 8.87. The van der Waals surface area contributed by atoms with E-state index in [1.807, 2.05) is 0 Å². The number of morpholine rings is 1. The van der Waals surface area contributed by atoms with E-state index >= 15 is 0 Å². The molecule has 0 radical (unpaired) electrons. The minimum atomic E-state index is -2.99. The van der Waals surface area contributed by atoms with Crippen molar-refractivity contribution in [3.05, 3.63) is 0 Å². The second kappa shape index (κ2) is 5.46. The standard InChI is InChI=1S/C11H17NO6S/c13-10(5-8-1-4-19(16,17)7-8)12-2-3-18-9(6-12)11(14)15/h8-9H,1-7H2,(H,14,15). The number of ether oxygens (including phenoxy) is 1. The lowest BCUT2D eigenvalue weighted by atomic mass is 10.0. The van der Waals surface area contributed by atoms with Gasteiger partial charge in [0, 0.05) is 13.0 Å². The lowest BCUT2D eigenvalue weighted by Crippen LogP contribution is -2.48.